The summed E-state index contributed by atoms with van der Waals surface area (Å²) in [5, 5.41) is 1.34. The van der Waals surface area contributed by atoms with Crippen molar-refractivity contribution in [2.75, 3.05) is 50.0 Å². The predicted molar refractivity (Wildman–Crippen MR) is 133 cm³/mol. The highest BCUT2D eigenvalue weighted by atomic mass is 35.5. The molecule has 0 saturated carbocycles. The van der Waals surface area contributed by atoms with E-state index in [-0.39, 0.29) is 29.9 Å². The maximum atomic E-state index is 13.2. The fraction of sp³-hybridized carbons (Fsp3) is 0.364. The van der Waals surface area contributed by atoms with Crippen molar-refractivity contribution in [2.45, 2.75) is 11.8 Å². The Balaban J connectivity index is 0.00000289. The number of rotatable bonds is 7. The molecule has 5 nitrogen and oxygen atoms in total. The van der Waals surface area contributed by atoms with Crippen LogP contribution in [0.15, 0.2) is 41.3 Å². The van der Waals surface area contributed by atoms with Gasteiger partial charge in [-0.25, -0.2) is 9.37 Å². The Morgan fingerprint density at radius 3 is 2.72 bits per heavy atom. The Hall–Kier alpha value is -1.42. The van der Waals surface area contributed by atoms with Crippen molar-refractivity contribution in [3.8, 4) is 0 Å². The highest BCUT2D eigenvalue weighted by Gasteiger charge is 2.22. The Labute approximate surface area is 206 Å². The number of benzene rings is 2. The van der Waals surface area contributed by atoms with Crippen LogP contribution in [0.4, 0.5) is 9.52 Å². The second-order valence-electron chi connectivity index (χ2n) is 7.31. The summed E-state index contributed by atoms with van der Waals surface area (Å²) < 4.78 is 19.6. The molecule has 1 aliphatic heterocycles. The van der Waals surface area contributed by atoms with Gasteiger partial charge in [-0.1, -0.05) is 22.9 Å². The van der Waals surface area contributed by atoms with Gasteiger partial charge in [-0.3, -0.25) is 14.6 Å². The molecule has 0 aliphatic carbocycles. The number of thioether (sulfide) groups is 1. The number of aromatic nitrogens is 1. The number of nitrogens with zero attached hydrogens (tertiary/aromatic N) is 3. The van der Waals surface area contributed by atoms with Crippen LogP contribution in [0.5, 0.6) is 0 Å². The number of thiazole rings is 1. The van der Waals surface area contributed by atoms with Gasteiger partial charge in [0.25, 0.3) is 0 Å². The molecule has 1 amide bonds. The fourth-order valence-corrected chi connectivity index (χ4v) is 5.64. The zero-order valence-corrected chi connectivity index (χ0v) is 20.8. The summed E-state index contributed by atoms with van der Waals surface area (Å²) in [5.74, 6) is -0.0542. The average Bonchev–Trinajstić information content (AvgIpc) is 3.18. The molecular formula is C22H24Cl2FN3O2S2. The quantitative estimate of drug-likeness (QED) is 0.400. The molecule has 172 valence electrons. The number of halogens is 3. The van der Waals surface area contributed by atoms with Crippen LogP contribution in [-0.2, 0) is 9.53 Å². The van der Waals surface area contributed by atoms with Gasteiger partial charge in [-0.15, -0.1) is 24.2 Å². The molecule has 1 fully saturated rings. The minimum absolute atomic E-state index is 0. The largest absolute Gasteiger partial charge is 0.379 e. The first-order valence-corrected chi connectivity index (χ1v) is 12.2. The number of ether oxygens (including phenoxy) is 1. The lowest BCUT2D eigenvalue weighted by Crippen LogP contribution is -2.43. The van der Waals surface area contributed by atoms with Crippen molar-refractivity contribution in [1.82, 2.24) is 9.88 Å². The second-order valence-corrected chi connectivity index (χ2v) is 9.80. The van der Waals surface area contributed by atoms with Crippen LogP contribution in [0.25, 0.3) is 10.2 Å². The predicted octanol–water partition coefficient (Wildman–Crippen LogP) is 5.28. The van der Waals surface area contributed by atoms with Crippen molar-refractivity contribution in [3.63, 3.8) is 0 Å². The number of morpholine rings is 1. The topological polar surface area (TPSA) is 45.7 Å². The van der Waals surface area contributed by atoms with Crippen LogP contribution in [0.2, 0.25) is 5.02 Å². The van der Waals surface area contributed by atoms with E-state index in [4.69, 9.17) is 21.3 Å². The first-order valence-electron chi connectivity index (χ1n) is 10.0. The normalized spacial score (nSPS) is 14.3. The first kappa shape index (κ1) is 25.2. The number of anilines is 1. The van der Waals surface area contributed by atoms with E-state index in [1.165, 1.54) is 35.2 Å². The third-order valence-electron chi connectivity index (χ3n) is 5.09. The third-order valence-corrected chi connectivity index (χ3v) is 7.33. The van der Waals surface area contributed by atoms with Crippen molar-refractivity contribution in [3.05, 3.63) is 52.8 Å². The van der Waals surface area contributed by atoms with E-state index in [1.54, 1.807) is 17.0 Å². The van der Waals surface area contributed by atoms with Crippen LogP contribution < -0.4 is 4.90 Å². The maximum absolute atomic E-state index is 13.2. The van der Waals surface area contributed by atoms with E-state index >= 15 is 0 Å². The molecule has 1 aromatic heterocycles. The van der Waals surface area contributed by atoms with Gasteiger partial charge in [0.1, 0.15) is 5.82 Å². The highest BCUT2D eigenvalue weighted by Crippen LogP contribution is 2.33. The molecule has 0 atom stereocenters. The number of fused-ring (bicyclic) bond motifs is 1. The Kier molecular flexibility index (Phi) is 9.16. The summed E-state index contributed by atoms with van der Waals surface area (Å²) in [5.41, 5.74) is 1.87. The summed E-state index contributed by atoms with van der Waals surface area (Å²) in [4.78, 5) is 22.9. The van der Waals surface area contributed by atoms with Gasteiger partial charge in [0.05, 0.1) is 29.2 Å². The molecule has 2 heterocycles. The van der Waals surface area contributed by atoms with Crippen molar-refractivity contribution >= 4 is 68.4 Å². The van der Waals surface area contributed by atoms with Crippen LogP contribution >= 0.6 is 47.1 Å². The summed E-state index contributed by atoms with van der Waals surface area (Å²) in [7, 11) is 0. The Morgan fingerprint density at radius 2 is 2.00 bits per heavy atom. The van der Waals surface area contributed by atoms with Crippen molar-refractivity contribution in [1.29, 1.82) is 0 Å². The summed E-state index contributed by atoms with van der Waals surface area (Å²) in [6, 6.07) is 9.97. The molecule has 0 bridgehead atoms. The molecule has 0 spiro atoms. The number of hydrogen-bond donors (Lipinski definition) is 0. The van der Waals surface area contributed by atoms with Crippen LogP contribution in [0, 0.1) is 12.7 Å². The monoisotopic (exact) mass is 515 g/mol. The maximum Gasteiger partial charge on any atom is 0.239 e. The molecule has 0 radical (unpaired) electrons. The van der Waals surface area contributed by atoms with Gasteiger partial charge in [0, 0.05) is 36.1 Å². The van der Waals surface area contributed by atoms with Gasteiger partial charge in [-0.2, -0.15) is 0 Å². The minimum atomic E-state index is -0.286. The number of hydrogen-bond acceptors (Lipinski definition) is 6. The zero-order valence-electron chi connectivity index (χ0n) is 17.6. The summed E-state index contributed by atoms with van der Waals surface area (Å²) >= 11 is 9.09. The highest BCUT2D eigenvalue weighted by molar-refractivity contribution is 8.00. The zero-order chi connectivity index (χ0) is 21.8. The molecule has 0 unspecified atom stereocenters. The Bertz CT molecular complexity index is 1060. The van der Waals surface area contributed by atoms with Gasteiger partial charge in [0.2, 0.25) is 5.91 Å². The first-order chi connectivity index (χ1) is 15.0. The molecule has 1 saturated heterocycles. The van der Waals surface area contributed by atoms with Gasteiger partial charge in [0.15, 0.2) is 5.13 Å². The summed E-state index contributed by atoms with van der Waals surface area (Å²) in [6.07, 6.45) is 0. The molecule has 1 aliphatic rings. The second kappa shape index (κ2) is 11.6. The molecule has 32 heavy (non-hydrogen) atoms. The molecule has 0 N–H and O–H groups in total. The van der Waals surface area contributed by atoms with Crippen LogP contribution in [0.3, 0.4) is 0 Å². The number of amides is 1. The van der Waals surface area contributed by atoms with E-state index in [0.717, 1.165) is 40.3 Å². The Morgan fingerprint density at radius 1 is 1.28 bits per heavy atom. The van der Waals surface area contributed by atoms with Gasteiger partial charge in [-0.05, 0) is 48.9 Å². The lowest BCUT2D eigenvalue weighted by Gasteiger charge is -2.29. The lowest BCUT2D eigenvalue weighted by molar-refractivity contribution is -0.116. The SMILES string of the molecule is Cc1cc(Cl)cc2sc(N(CCN3CCOCC3)C(=O)CSc3ccc(F)cc3)nc12.Cl. The average molecular weight is 516 g/mol. The van der Waals surface area contributed by atoms with Crippen molar-refractivity contribution in [2.24, 2.45) is 0 Å². The fourth-order valence-electron chi connectivity index (χ4n) is 3.41. The van der Waals surface area contributed by atoms with Crippen LogP contribution in [0.1, 0.15) is 5.56 Å². The summed E-state index contributed by atoms with van der Waals surface area (Å²) in [6.45, 7) is 6.44. The number of carbonyl (C=O) groups excluding carboxylic acids is 1. The van der Waals surface area contributed by atoms with E-state index in [1.807, 2.05) is 19.1 Å². The molecule has 4 rings (SSSR count). The van der Waals surface area contributed by atoms with E-state index in [0.29, 0.717) is 29.9 Å². The van der Waals surface area contributed by atoms with Gasteiger partial charge >= 0.3 is 0 Å². The van der Waals surface area contributed by atoms with E-state index in [2.05, 4.69) is 4.90 Å². The van der Waals surface area contributed by atoms with Crippen LogP contribution in [-0.4, -0.2) is 60.9 Å². The van der Waals surface area contributed by atoms with E-state index < -0.39 is 0 Å². The lowest BCUT2D eigenvalue weighted by atomic mass is 10.2. The number of carbonyl (C=O) groups is 1. The minimum Gasteiger partial charge on any atom is -0.379 e. The molecule has 2 aromatic carbocycles. The third kappa shape index (κ3) is 6.34. The molecular weight excluding hydrogens is 492 g/mol. The molecule has 3 aromatic rings. The smallest absolute Gasteiger partial charge is 0.239 e. The standard InChI is InChI=1S/C22H23ClFN3O2S2.ClH/c1-15-12-16(23)13-19-21(15)25-22(31-19)27(7-6-26-8-10-29-11-9-26)20(28)14-30-18-4-2-17(24)3-5-18;/h2-5,12-13H,6-11,14H2,1H3;1H. The molecule has 10 heteroatoms. The van der Waals surface area contributed by atoms with Gasteiger partial charge < -0.3 is 4.74 Å². The van der Waals surface area contributed by atoms with Crippen molar-refractivity contribution < 1.29 is 13.9 Å². The van der Waals surface area contributed by atoms with E-state index in [9.17, 15) is 9.18 Å². The number of aryl methyl sites for hydroxylation is 1.